The molecule has 1 saturated carbocycles. The van der Waals surface area contributed by atoms with Gasteiger partial charge in [-0.2, -0.15) is 0 Å². The summed E-state index contributed by atoms with van der Waals surface area (Å²) in [5.74, 6) is -0.310. The van der Waals surface area contributed by atoms with Gasteiger partial charge >= 0.3 is 0 Å². The van der Waals surface area contributed by atoms with Crippen LogP contribution in [0.3, 0.4) is 0 Å². The van der Waals surface area contributed by atoms with E-state index in [1.807, 2.05) is 12.1 Å². The van der Waals surface area contributed by atoms with Crippen molar-refractivity contribution < 1.29 is 22.7 Å². The van der Waals surface area contributed by atoms with Crippen LogP contribution in [0.25, 0.3) is 0 Å². The zero-order valence-electron chi connectivity index (χ0n) is 23.2. The second kappa shape index (κ2) is 10.3. The second-order valence-corrected chi connectivity index (χ2v) is 13.5. The summed E-state index contributed by atoms with van der Waals surface area (Å²) in [5.41, 5.74) is 5.17. The van der Waals surface area contributed by atoms with Crippen LogP contribution < -0.4 is 19.8 Å². The summed E-state index contributed by atoms with van der Waals surface area (Å²) in [4.78, 5) is 32.8. The number of amides is 2. The van der Waals surface area contributed by atoms with Gasteiger partial charge in [0, 0.05) is 45.5 Å². The van der Waals surface area contributed by atoms with Crippen molar-refractivity contribution in [1.29, 1.82) is 0 Å². The Bertz CT molecular complexity index is 1440. The number of ether oxygens (including phenoxy) is 1. The first kappa shape index (κ1) is 26.9. The van der Waals surface area contributed by atoms with E-state index in [-0.39, 0.29) is 17.6 Å². The number of fused-ring (bicyclic) bond motifs is 1. The van der Waals surface area contributed by atoms with E-state index >= 15 is 0 Å². The van der Waals surface area contributed by atoms with Crippen molar-refractivity contribution in [3.05, 3.63) is 47.0 Å². The van der Waals surface area contributed by atoms with Crippen LogP contribution in [0.5, 0.6) is 0 Å². The van der Waals surface area contributed by atoms with E-state index in [2.05, 4.69) is 19.8 Å². The molecule has 3 heterocycles. The standard InChI is InChI=1S/C29H37N5O5S/c1-3-40(37,38)31-21-4-5-23(24(17-21)33-10-8-29(6-7-29)9-11-33)27(35)30-22-16-20-19-32(2)28(36)26(20)25(18-22)34-12-14-39-15-13-34/h4-5,16-18,31H,3,6-15,19H2,1-2H3,(H,30,35). The Morgan fingerprint density at radius 2 is 1.62 bits per heavy atom. The number of rotatable bonds is 7. The van der Waals surface area contributed by atoms with E-state index in [1.165, 1.54) is 12.8 Å². The molecule has 0 atom stereocenters. The summed E-state index contributed by atoms with van der Waals surface area (Å²) in [5, 5.41) is 3.09. The number of benzene rings is 2. The van der Waals surface area contributed by atoms with Crippen molar-refractivity contribution >= 4 is 44.6 Å². The van der Waals surface area contributed by atoms with Crippen LogP contribution in [0.4, 0.5) is 22.7 Å². The van der Waals surface area contributed by atoms with Crippen LogP contribution in [0.2, 0.25) is 0 Å². The number of nitrogens with one attached hydrogen (secondary N) is 2. The fourth-order valence-corrected chi connectivity index (χ4v) is 6.73. The van der Waals surface area contributed by atoms with Gasteiger partial charge in [-0.05, 0) is 73.9 Å². The lowest BCUT2D eigenvalue weighted by Crippen LogP contribution is -2.37. The van der Waals surface area contributed by atoms with Gasteiger partial charge in [-0.15, -0.1) is 0 Å². The van der Waals surface area contributed by atoms with Crippen LogP contribution in [0.15, 0.2) is 30.3 Å². The van der Waals surface area contributed by atoms with Crippen LogP contribution in [0.1, 0.15) is 58.9 Å². The Labute approximate surface area is 235 Å². The van der Waals surface area contributed by atoms with E-state index in [1.54, 1.807) is 37.1 Å². The van der Waals surface area contributed by atoms with E-state index in [0.717, 1.165) is 42.9 Å². The third-order valence-corrected chi connectivity index (χ3v) is 10.1. The minimum atomic E-state index is -3.45. The molecule has 6 rings (SSSR count). The highest BCUT2D eigenvalue weighted by Gasteiger charge is 2.44. The Hall–Kier alpha value is -3.31. The molecule has 2 aromatic rings. The molecule has 1 aliphatic carbocycles. The normalized spacial score (nSPS) is 20.1. The summed E-state index contributed by atoms with van der Waals surface area (Å²) in [6.45, 7) is 6.28. The molecular weight excluding hydrogens is 530 g/mol. The van der Waals surface area contributed by atoms with E-state index < -0.39 is 10.0 Å². The van der Waals surface area contributed by atoms with Crippen molar-refractivity contribution in [2.45, 2.75) is 39.2 Å². The summed E-state index contributed by atoms with van der Waals surface area (Å²) in [6, 6.07) is 8.91. The van der Waals surface area contributed by atoms with Crippen LogP contribution in [0, 0.1) is 5.41 Å². The van der Waals surface area contributed by atoms with Gasteiger partial charge in [-0.25, -0.2) is 8.42 Å². The molecule has 2 amide bonds. The molecule has 40 heavy (non-hydrogen) atoms. The SMILES string of the molecule is CCS(=O)(=O)Nc1ccc(C(=O)Nc2cc3c(c(N4CCOCC4)c2)C(=O)N(C)C3)c(N2CCC3(CC2)CC3)c1. The smallest absolute Gasteiger partial charge is 0.257 e. The number of carbonyl (C=O) groups is 2. The van der Waals surface area contributed by atoms with Gasteiger partial charge in [0.25, 0.3) is 11.8 Å². The van der Waals surface area contributed by atoms with Crippen molar-refractivity contribution in [3.8, 4) is 0 Å². The summed E-state index contributed by atoms with van der Waals surface area (Å²) in [7, 11) is -1.67. The molecule has 4 aliphatic rings. The van der Waals surface area contributed by atoms with Gasteiger partial charge in [0.05, 0.1) is 47.2 Å². The number of carbonyl (C=O) groups excluding carboxylic acids is 2. The highest BCUT2D eigenvalue weighted by molar-refractivity contribution is 7.92. The van der Waals surface area contributed by atoms with Gasteiger partial charge < -0.3 is 24.8 Å². The van der Waals surface area contributed by atoms with Gasteiger partial charge in [0.1, 0.15) is 0 Å². The molecular formula is C29H37N5O5S. The van der Waals surface area contributed by atoms with E-state index in [9.17, 15) is 18.0 Å². The number of hydrogen-bond acceptors (Lipinski definition) is 7. The molecule has 1 spiro atoms. The molecule has 3 aliphatic heterocycles. The molecule has 2 saturated heterocycles. The Kier molecular flexibility index (Phi) is 6.90. The first-order valence-corrected chi connectivity index (χ1v) is 15.8. The fraction of sp³-hybridized carbons (Fsp3) is 0.517. The largest absolute Gasteiger partial charge is 0.378 e. The molecule has 11 heteroatoms. The molecule has 0 unspecified atom stereocenters. The Morgan fingerprint density at radius 1 is 0.950 bits per heavy atom. The quantitative estimate of drug-likeness (QED) is 0.527. The van der Waals surface area contributed by atoms with Gasteiger partial charge in [-0.1, -0.05) is 0 Å². The van der Waals surface area contributed by atoms with Crippen LogP contribution in [-0.4, -0.2) is 77.3 Å². The monoisotopic (exact) mass is 567 g/mol. The number of morpholine rings is 1. The summed E-state index contributed by atoms with van der Waals surface area (Å²) >= 11 is 0. The lowest BCUT2D eigenvalue weighted by molar-refractivity contribution is 0.0815. The zero-order chi connectivity index (χ0) is 28.1. The van der Waals surface area contributed by atoms with Gasteiger partial charge in [-0.3, -0.25) is 14.3 Å². The first-order valence-electron chi connectivity index (χ1n) is 14.1. The number of nitrogens with zero attached hydrogens (tertiary/aromatic N) is 3. The average Bonchev–Trinajstić information content (AvgIpc) is 3.64. The molecule has 3 fully saturated rings. The van der Waals surface area contributed by atoms with Crippen molar-refractivity contribution in [1.82, 2.24) is 4.90 Å². The second-order valence-electron chi connectivity index (χ2n) is 11.5. The summed E-state index contributed by atoms with van der Waals surface area (Å²) < 4.78 is 32.7. The first-order chi connectivity index (χ1) is 19.2. The predicted molar refractivity (Wildman–Crippen MR) is 156 cm³/mol. The number of hydrogen-bond donors (Lipinski definition) is 2. The minimum Gasteiger partial charge on any atom is -0.378 e. The number of sulfonamides is 1. The van der Waals surface area contributed by atoms with Gasteiger partial charge in [0.2, 0.25) is 10.0 Å². The molecule has 2 N–H and O–H groups in total. The van der Waals surface area contributed by atoms with Crippen LogP contribution in [-0.2, 0) is 21.3 Å². The predicted octanol–water partition coefficient (Wildman–Crippen LogP) is 3.50. The maximum absolute atomic E-state index is 13.8. The molecule has 0 radical (unpaired) electrons. The lowest BCUT2D eigenvalue weighted by Gasteiger charge is -2.35. The van der Waals surface area contributed by atoms with E-state index in [4.69, 9.17) is 4.74 Å². The molecule has 2 aromatic carbocycles. The Balaban J connectivity index is 1.32. The lowest BCUT2D eigenvalue weighted by atomic mass is 9.93. The molecule has 0 bridgehead atoms. The fourth-order valence-electron chi connectivity index (χ4n) is 6.10. The molecule has 10 nitrogen and oxygen atoms in total. The minimum absolute atomic E-state index is 0.0136. The van der Waals surface area contributed by atoms with Gasteiger partial charge in [0.15, 0.2) is 0 Å². The van der Waals surface area contributed by atoms with Crippen molar-refractivity contribution in [3.63, 3.8) is 0 Å². The third-order valence-electron chi connectivity index (χ3n) is 8.79. The Morgan fingerprint density at radius 3 is 2.30 bits per heavy atom. The third kappa shape index (κ3) is 5.24. The van der Waals surface area contributed by atoms with E-state index in [0.29, 0.717) is 60.8 Å². The molecule has 0 aromatic heterocycles. The van der Waals surface area contributed by atoms with Crippen molar-refractivity contribution in [2.75, 3.05) is 72.0 Å². The zero-order valence-corrected chi connectivity index (χ0v) is 24.0. The number of piperidine rings is 1. The highest BCUT2D eigenvalue weighted by Crippen LogP contribution is 2.54. The van der Waals surface area contributed by atoms with Crippen molar-refractivity contribution in [2.24, 2.45) is 5.41 Å². The average molecular weight is 568 g/mol. The molecule has 214 valence electrons. The highest BCUT2D eigenvalue weighted by atomic mass is 32.2. The van der Waals surface area contributed by atoms with Crippen LogP contribution >= 0.6 is 0 Å². The maximum Gasteiger partial charge on any atom is 0.257 e. The maximum atomic E-state index is 13.8. The topological polar surface area (TPSA) is 111 Å². The summed E-state index contributed by atoms with van der Waals surface area (Å²) in [6.07, 6.45) is 4.69. The number of anilines is 4.